The van der Waals surface area contributed by atoms with E-state index in [2.05, 4.69) is 20.3 Å². The maximum atomic E-state index is 12.4. The second kappa shape index (κ2) is 8.22. The van der Waals surface area contributed by atoms with Gasteiger partial charge in [-0.3, -0.25) is 9.20 Å². The number of amides is 1. The third-order valence-corrected chi connectivity index (χ3v) is 5.12. The van der Waals surface area contributed by atoms with Crippen LogP contribution >= 0.6 is 0 Å². The summed E-state index contributed by atoms with van der Waals surface area (Å²) in [7, 11) is 0. The van der Waals surface area contributed by atoms with Gasteiger partial charge >= 0.3 is 5.97 Å². The standard InChI is InChI=1S/C22H22N6O5/c1-11-10-24-19(23)17-16(27-21(28(11)17)22(31,32)33)14-8-9-15(25-12(14)2)26-20(30)18(29)13-6-4-3-5-7-13/h3-10,18,29,31-33H,1-2H3,(H2,23,24)(H,25,26,30). The average Bonchev–Trinajstić information content (AvgIpc) is 3.19. The van der Waals surface area contributed by atoms with Crippen LogP contribution in [0.1, 0.15) is 28.9 Å². The number of pyridine rings is 1. The number of hydrogen-bond donors (Lipinski definition) is 6. The van der Waals surface area contributed by atoms with E-state index in [9.17, 15) is 25.2 Å². The lowest BCUT2D eigenvalue weighted by atomic mass is 10.1. The Morgan fingerprint density at radius 1 is 1.09 bits per heavy atom. The summed E-state index contributed by atoms with van der Waals surface area (Å²) < 4.78 is 1.29. The summed E-state index contributed by atoms with van der Waals surface area (Å²) in [4.78, 5) is 25.1. The van der Waals surface area contributed by atoms with Crippen molar-refractivity contribution in [2.24, 2.45) is 0 Å². The van der Waals surface area contributed by atoms with Gasteiger partial charge in [-0.2, -0.15) is 0 Å². The van der Waals surface area contributed by atoms with Crippen LogP contribution in [0.4, 0.5) is 11.6 Å². The highest BCUT2D eigenvalue weighted by atomic mass is 16.7. The van der Waals surface area contributed by atoms with E-state index in [-0.39, 0.29) is 22.8 Å². The average molecular weight is 450 g/mol. The molecule has 1 aromatic carbocycles. The zero-order valence-corrected chi connectivity index (χ0v) is 17.8. The van der Waals surface area contributed by atoms with E-state index < -0.39 is 23.8 Å². The lowest BCUT2D eigenvalue weighted by Crippen LogP contribution is -2.27. The summed E-state index contributed by atoms with van der Waals surface area (Å²) in [5.74, 6) is -4.07. The van der Waals surface area contributed by atoms with E-state index in [1.807, 2.05) is 0 Å². The Morgan fingerprint density at radius 3 is 2.42 bits per heavy atom. The number of nitrogens with zero attached hydrogens (tertiary/aromatic N) is 4. The summed E-state index contributed by atoms with van der Waals surface area (Å²) in [5.41, 5.74) is 8.29. The second-order valence-corrected chi connectivity index (χ2v) is 7.52. The number of aliphatic hydroxyl groups is 4. The Morgan fingerprint density at radius 2 is 1.79 bits per heavy atom. The fourth-order valence-corrected chi connectivity index (χ4v) is 3.56. The molecule has 0 saturated carbocycles. The molecular weight excluding hydrogens is 428 g/mol. The quantitative estimate of drug-likeness (QED) is 0.239. The number of benzene rings is 1. The molecule has 4 rings (SSSR count). The van der Waals surface area contributed by atoms with E-state index in [1.54, 1.807) is 50.2 Å². The molecule has 0 aliphatic rings. The van der Waals surface area contributed by atoms with Crippen LogP contribution in [0.15, 0.2) is 48.7 Å². The number of carbonyl (C=O) groups excluding carboxylic acids is 1. The van der Waals surface area contributed by atoms with Crippen LogP contribution in [0.5, 0.6) is 0 Å². The number of aryl methyl sites for hydroxylation is 2. The summed E-state index contributed by atoms with van der Waals surface area (Å²) in [6, 6.07) is 11.6. The monoisotopic (exact) mass is 450 g/mol. The summed E-state index contributed by atoms with van der Waals surface area (Å²) in [6.07, 6.45) is 0.0402. The van der Waals surface area contributed by atoms with Crippen LogP contribution in [-0.4, -0.2) is 45.7 Å². The lowest BCUT2D eigenvalue weighted by molar-refractivity contribution is -0.329. The molecule has 11 heteroatoms. The number of nitrogens with two attached hydrogens (primary N) is 1. The molecule has 1 unspecified atom stereocenters. The van der Waals surface area contributed by atoms with Gasteiger partial charge in [0, 0.05) is 23.1 Å². The van der Waals surface area contributed by atoms with E-state index in [0.29, 0.717) is 22.5 Å². The Balaban J connectivity index is 1.72. The first kappa shape index (κ1) is 22.3. The van der Waals surface area contributed by atoms with Crippen LogP contribution in [0.3, 0.4) is 0 Å². The number of aliphatic hydroxyl groups excluding tert-OH is 1. The van der Waals surface area contributed by atoms with Crippen LogP contribution in [0.2, 0.25) is 0 Å². The predicted octanol–water partition coefficient (Wildman–Crippen LogP) is 0.750. The predicted molar refractivity (Wildman–Crippen MR) is 118 cm³/mol. The number of anilines is 2. The Bertz CT molecular complexity index is 1350. The van der Waals surface area contributed by atoms with Crippen molar-refractivity contribution in [1.29, 1.82) is 0 Å². The number of carbonyl (C=O) groups is 1. The molecule has 1 atom stereocenters. The molecule has 0 bridgehead atoms. The van der Waals surface area contributed by atoms with Crippen molar-refractivity contribution < 1.29 is 25.2 Å². The number of nitrogens with one attached hydrogen (secondary N) is 1. The molecule has 1 amide bonds. The van der Waals surface area contributed by atoms with Crippen molar-refractivity contribution in [3.8, 4) is 11.3 Å². The van der Waals surface area contributed by atoms with E-state index in [0.717, 1.165) is 0 Å². The molecule has 4 aromatic rings. The number of aromatic nitrogens is 4. The van der Waals surface area contributed by atoms with Crippen molar-refractivity contribution in [3.63, 3.8) is 0 Å². The molecule has 3 heterocycles. The van der Waals surface area contributed by atoms with Crippen LogP contribution < -0.4 is 11.1 Å². The Hall–Kier alpha value is -3.90. The zero-order chi connectivity index (χ0) is 23.9. The maximum Gasteiger partial charge on any atom is 0.339 e. The number of fused-ring (bicyclic) bond motifs is 1. The van der Waals surface area contributed by atoms with Gasteiger partial charge in [0.25, 0.3) is 5.91 Å². The highest BCUT2D eigenvalue weighted by Crippen LogP contribution is 2.33. The van der Waals surface area contributed by atoms with E-state index in [1.165, 1.54) is 16.7 Å². The first-order valence-electron chi connectivity index (χ1n) is 9.91. The molecule has 0 fully saturated rings. The van der Waals surface area contributed by atoms with Gasteiger partial charge in [0.2, 0.25) is 5.82 Å². The molecule has 0 spiro atoms. The van der Waals surface area contributed by atoms with Gasteiger partial charge in [-0.05, 0) is 31.5 Å². The summed E-state index contributed by atoms with van der Waals surface area (Å²) in [5, 5.41) is 42.2. The zero-order valence-electron chi connectivity index (χ0n) is 17.8. The van der Waals surface area contributed by atoms with Crippen molar-refractivity contribution in [2.75, 3.05) is 11.1 Å². The second-order valence-electron chi connectivity index (χ2n) is 7.52. The van der Waals surface area contributed by atoms with Crippen molar-refractivity contribution in [3.05, 3.63) is 71.4 Å². The minimum Gasteiger partial charge on any atom is -0.382 e. The summed E-state index contributed by atoms with van der Waals surface area (Å²) in [6.45, 7) is 3.30. The molecule has 0 radical (unpaired) electrons. The molecule has 11 nitrogen and oxygen atoms in total. The topological polar surface area (TPSA) is 179 Å². The van der Waals surface area contributed by atoms with Crippen LogP contribution in [0, 0.1) is 13.8 Å². The summed E-state index contributed by atoms with van der Waals surface area (Å²) >= 11 is 0. The van der Waals surface area contributed by atoms with Gasteiger partial charge in [0.05, 0.1) is 0 Å². The number of nitrogen functional groups attached to an aromatic ring is 1. The Kier molecular flexibility index (Phi) is 5.56. The van der Waals surface area contributed by atoms with Crippen LogP contribution in [-0.2, 0) is 10.8 Å². The normalized spacial score (nSPS) is 12.7. The van der Waals surface area contributed by atoms with Crippen molar-refractivity contribution >= 4 is 23.1 Å². The smallest absolute Gasteiger partial charge is 0.339 e. The first-order valence-corrected chi connectivity index (χ1v) is 9.91. The maximum absolute atomic E-state index is 12.4. The third-order valence-electron chi connectivity index (χ3n) is 5.12. The molecule has 0 aliphatic heterocycles. The van der Waals surface area contributed by atoms with Gasteiger partial charge in [-0.25, -0.2) is 15.0 Å². The number of hydrogen-bond acceptors (Lipinski definition) is 9. The third kappa shape index (κ3) is 4.13. The molecule has 170 valence electrons. The molecular formula is C22H22N6O5. The minimum absolute atomic E-state index is 0.0568. The van der Waals surface area contributed by atoms with Gasteiger partial charge in [0.1, 0.15) is 22.8 Å². The Labute approximate surface area is 187 Å². The highest BCUT2D eigenvalue weighted by molar-refractivity contribution is 5.94. The van der Waals surface area contributed by atoms with E-state index >= 15 is 0 Å². The van der Waals surface area contributed by atoms with Crippen molar-refractivity contribution in [2.45, 2.75) is 25.9 Å². The van der Waals surface area contributed by atoms with Gasteiger partial charge in [0.15, 0.2) is 6.10 Å². The minimum atomic E-state index is -3.22. The lowest BCUT2D eigenvalue weighted by Gasteiger charge is -2.13. The van der Waals surface area contributed by atoms with Gasteiger partial charge < -0.3 is 31.5 Å². The highest BCUT2D eigenvalue weighted by Gasteiger charge is 2.32. The SMILES string of the molecule is Cc1nc(NC(=O)C(O)c2ccccc2)ccc1-c1nc(C(O)(O)O)n2c(C)cnc(N)c12. The van der Waals surface area contributed by atoms with Crippen LogP contribution in [0.25, 0.3) is 16.8 Å². The van der Waals surface area contributed by atoms with Gasteiger partial charge in [-0.1, -0.05) is 30.3 Å². The van der Waals surface area contributed by atoms with Crippen molar-refractivity contribution in [1.82, 2.24) is 19.4 Å². The molecule has 7 N–H and O–H groups in total. The largest absolute Gasteiger partial charge is 0.382 e. The fraction of sp³-hybridized carbons (Fsp3) is 0.182. The van der Waals surface area contributed by atoms with E-state index in [4.69, 9.17) is 5.73 Å². The first-order chi connectivity index (χ1) is 15.6. The molecule has 0 saturated heterocycles. The number of imidazole rings is 1. The molecule has 33 heavy (non-hydrogen) atoms. The molecule has 3 aromatic heterocycles. The fourth-order valence-electron chi connectivity index (χ4n) is 3.56. The number of rotatable bonds is 5. The van der Waals surface area contributed by atoms with Gasteiger partial charge in [-0.15, -0.1) is 0 Å². The molecule has 0 aliphatic carbocycles.